The van der Waals surface area contributed by atoms with E-state index in [4.69, 9.17) is 9.47 Å². The minimum absolute atomic E-state index is 0.178. The van der Waals surface area contributed by atoms with Crippen molar-refractivity contribution >= 4 is 0 Å². The van der Waals surface area contributed by atoms with Crippen molar-refractivity contribution in [1.82, 2.24) is 4.90 Å². The quantitative estimate of drug-likeness (QED) is 0.0511. The smallest absolute Gasteiger partial charge is 0.147 e. The second kappa shape index (κ2) is 29.8. The van der Waals surface area contributed by atoms with Gasteiger partial charge in [-0.1, -0.05) is 193 Å². The van der Waals surface area contributed by atoms with Crippen molar-refractivity contribution in [2.24, 2.45) is 0 Å². The van der Waals surface area contributed by atoms with Crippen LogP contribution in [0.2, 0.25) is 0 Å². The molecule has 3 nitrogen and oxygen atoms in total. The summed E-state index contributed by atoms with van der Waals surface area (Å²) in [4.78, 5) is 2.50. The molecule has 0 aliphatic carbocycles. The molecular formula is C43H87NO2. The predicted molar refractivity (Wildman–Crippen MR) is 205 cm³/mol. The third kappa shape index (κ3) is 24.9. The molecule has 0 amide bonds. The number of rotatable bonds is 34. The molecule has 3 heteroatoms. The van der Waals surface area contributed by atoms with Crippen molar-refractivity contribution in [3.8, 4) is 0 Å². The van der Waals surface area contributed by atoms with Gasteiger partial charge in [-0.3, -0.25) is 4.90 Å². The Balaban J connectivity index is 1.69. The third-order valence-corrected chi connectivity index (χ3v) is 11.3. The van der Waals surface area contributed by atoms with Gasteiger partial charge in [-0.15, -0.1) is 0 Å². The molecule has 0 radical (unpaired) electrons. The zero-order chi connectivity index (χ0) is 33.6. The van der Waals surface area contributed by atoms with Crippen LogP contribution in [0, 0.1) is 0 Å². The minimum Gasteiger partial charge on any atom is -0.355 e. The first-order chi connectivity index (χ1) is 22.3. The maximum atomic E-state index is 6.12. The van der Waals surface area contributed by atoms with Gasteiger partial charge in [0, 0.05) is 17.7 Å². The van der Waals surface area contributed by atoms with Crippen molar-refractivity contribution in [2.75, 3.05) is 20.4 Å². The molecule has 1 saturated heterocycles. The summed E-state index contributed by atoms with van der Waals surface area (Å²) in [6, 6.07) is 0. The molecule has 1 fully saturated rings. The largest absolute Gasteiger partial charge is 0.355 e. The Kier molecular flexibility index (Phi) is 28.4. The molecular weight excluding hydrogens is 562 g/mol. The average Bonchev–Trinajstić information content (AvgIpc) is 3.02. The van der Waals surface area contributed by atoms with Crippen LogP contribution in [0.4, 0.5) is 0 Å². The molecule has 1 aliphatic rings. The first-order valence-electron chi connectivity index (χ1n) is 21.2. The van der Waals surface area contributed by atoms with E-state index in [0.29, 0.717) is 12.9 Å². The van der Waals surface area contributed by atoms with E-state index in [0.717, 1.165) is 19.4 Å². The molecule has 0 saturated carbocycles. The molecule has 1 aliphatic heterocycles. The highest BCUT2D eigenvalue weighted by Crippen LogP contribution is 2.38. The predicted octanol–water partition coefficient (Wildman–Crippen LogP) is 14.4. The van der Waals surface area contributed by atoms with E-state index in [9.17, 15) is 0 Å². The van der Waals surface area contributed by atoms with Crippen molar-refractivity contribution in [1.29, 1.82) is 0 Å². The monoisotopic (exact) mass is 650 g/mol. The van der Waals surface area contributed by atoms with Gasteiger partial charge in [0.1, 0.15) is 6.79 Å². The van der Waals surface area contributed by atoms with Crippen LogP contribution < -0.4 is 0 Å². The molecule has 1 heterocycles. The van der Waals surface area contributed by atoms with Gasteiger partial charge in [-0.2, -0.15) is 0 Å². The second-order valence-corrected chi connectivity index (χ2v) is 16.7. The van der Waals surface area contributed by atoms with Gasteiger partial charge < -0.3 is 9.47 Å². The lowest BCUT2D eigenvalue weighted by Crippen LogP contribution is -2.60. The van der Waals surface area contributed by atoms with Gasteiger partial charge in [0.15, 0.2) is 0 Å². The van der Waals surface area contributed by atoms with Crippen molar-refractivity contribution in [3.05, 3.63) is 0 Å². The summed E-state index contributed by atoms with van der Waals surface area (Å²) in [6.45, 7) is 12.9. The summed E-state index contributed by atoms with van der Waals surface area (Å²) in [7, 11) is 2.25. The van der Waals surface area contributed by atoms with Crippen LogP contribution in [-0.2, 0) is 9.47 Å². The lowest BCUT2D eigenvalue weighted by molar-refractivity contribution is -0.144. The Bertz CT molecular complexity index is 614. The number of unbranched alkanes of at least 4 members (excludes halogenated alkanes) is 29. The number of hydrogen-bond donors (Lipinski definition) is 0. The SMILES string of the molecule is CCCCCCCCCCCCCCCCCCCCCCCCCCCCCCCCOCOC1CC(C)(C)N(C)C(C)(C)C1. The zero-order valence-corrected chi connectivity index (χ0v) is 32.9. The minimum atomic E-state index is 0.178. The number of hydrogen-bond acceptors (Lipinski definition) is 3. The lowest BCUT2D eigenvalue weighted by Gasteiger charge is -2.53. The molecule has 0 N–H and O–H groups in total. The third-order valence-electron chi connectivity index (χ3n) is 11.3. The molecule has 0 aromatic carbocycles. The average molecular weight is 650 g/mol. The van der Waals surface area contributed by atoms with Crippen molar-refractivity contribution < 1.29 is 9.47 Å². The van der Waals surface area contributed by atoms with Crippen LogP contribution in [-0.4, -0.2) is 42.5 Å². The van der Waals surface area contributed by atoms with Crippen LogP contribution in [0.25, 0.3) is 0 Å². The number of ether oxygens (including phenoxy) is 2. The van der Waals surface area contributed by atoms with E-state index in [2.05, 4.69) is 46.6 Å². The van der Waals surface area contributed by atoms with Crippen LogP contribution in [0.1, 0.15) is 240 Å². The summed E-state index contributed by atoms with van der Waals surface area (Å²) < 4.78 is 11.9. The Morgan fingerprint density at radius 3 is 0.978 bits per heavy atom. The maximum Gasteiger partial charge on any atom is 0.147 e. The molecule has 0 bridgehead atoms. The van der Waals surface area contributed by atoms with Crippen molar-refractivity contribution in [3.63, 3.8) is 0 Å². The molecule has 46 heavy (non-hydrogen) atoms. The van der Waals surface area contributed by atoms with Gasteiger partial charge in [-0.05, 0) is 54.0 Å². The van der Waals surface area contributed by atoms with E-state index >= 15 is 0 Å². The van der Waals surface area contributed by atoms with E-state index in [1.165, 1.54) is 193 Å². The molecule has 0 aromatic rings. The summed E-state index contributed by atoms with van der Waals surface area (Å²) in [5, 5.41) is 0. The van der Waals surface area contributed by atoms with E-state index in [-0.39, 0.29) is 11.1 Å². The van der Waals surface area contributed by atoms with E-state index in [1.807, 2.05) is 0 Å². The zero-order valence-electron chi connectivity index (χ0n) is 32.9. The fraction of sp³-hybridized carbons (Fsp3) is 1.00. The Hall–Kier alpha value is -0.120. The van der Waals surface area contributed by atoms with Crippen LogP contribution in [0.15, 0.2) is 0 Å². The summed E-state index contributed by atoms with van der Waals surface area (Å²) in [5.74, 6) is 0. The van der Waals surface area contributed by atoms with E-state index in [1.54, 1.807) is 0 Å². The number of likely N-dealkylation sites (tertiary alicyclic amines) is 1. The summed E-state index contributed by atoms with van der Waals surface area (Å²) in [5.41, 5.74) is 0.355. The number of piperidine rings is 1. The van der Waals surface area contributed by atoms with Gasteiger partial charge in [-0.25, -0.2) is 0 Å². The first-order valence-corrected chi connectivity index (χ1v) is 21.2. The Morgan fingerprint density at radius 1 is 0.435 bits per heavy atom. The maximum absolute atomic E-state index is 6.12. The lowest BCUT2D eigenvalue weighted by atomic mass is 9.79. The van der Waals surface area contributed by atoms with Crippen LogP contribution in [0.5, 0.6) is 0 Å². The molecule has 0 unspecified atom stereocenters. The van der Waals surface area contributed by atoms with Gasteiger partial charge in [0.2, 0.25) is 0 Å². The van der Waals surface area contributed by atoms with Gasteiger partial charge in [0.05, 0.1) is 6.10 Å². The molecule has 276 valence electrons. The van der Waals surface area contributed by atoms with Crippen molar-refractivity contribution in [2.45, 2.75) is 257 Å². The molecule has 1 rings (SSSR count). The fourth-order valence-corrected chi connectivity index (χ4v) is 7.83. The Morgan fingerprint density at radius 2 is 0.696 bits per heavy atom. The van der Waals surface area contributed by atoms with Gasteiger partial charge in [0.25, 0.3) is 0 Å². The van der Waals surface area contributed by atoms with Crippen LogP contribution >= 0.6 is 0 Å². The summed E-state index contributed by atoms with van der Waals surface area (Å²) >= 11 is 0. The normalized spacial score (nSPS) is 16.8. The highest BCUT2D eigenvalue weighted by Gasteiger charge is 2.43. The molecule has 0 atom stereocenters. The highest BCUT2D eigenvalue weighted by molar-refractivity contribution is 4.98. The highest BCUT2D eigenvalue weighted by atomic mass is 16.7. The number of nitrogens with zero attached hydrogens (tertiary/aromatic N) is 1. The summed E-state index contributed by atoms with van der Waals surface area (Å²) in [6.07, 6.45) is 45.9. The second-order valence-electron chi connectivity index (χ2n) is 16.7. The first kappa shape index (κ1) is 43.9. The standard InChI is InChI=1S/C43H87NO2/c1-7-8-9-10-11-12-13-14-15-16-17-18-19-20-21-22-23-24-25-26-27-28-29-30-31-32-33-34-35-36-37-45-40-46-41-38-42(2,3)44(6)43(4,5)39-41/h41H,7-40H2,1-6H3. The van der Waals surface area contributed by atoms with Crippen LogP contribution in [0.3, 0.4) is 0 Å². The molecule has 0 aromatic heterocycles. The van der Waals surface area contributed by atoms with Gasteiger partial charge >= 0.3 is 0 Å². The fourth-order valence-electron chi connectivity index (χ4n) is 7.83. The topological polar surface area (TPSA) is 21.7 Å². The van der Waals surface area contributed by atoms with E-state index < -0.39 is 0 Å². The Labute approximate surface area is 291 Å². The molecule has 0 spiro atoms.